The van der Waals surface area contributed by atoms with E-state index in [1.807, 2.05) is 6.92 Å². The Bertz CT molecular complexity index is 494. The van der Waals surface area contributed by atoms with Gasteiger partial charge in [-0.2, -0.15) is 13.2 Å². The van der Waals surface area contributed by atoms with Crippen molar-refractivity contribution < 1.29 is 22.3 Å². The summed E-state index contributed by atoms with van der Waals surface area (Å²) in [6.07, 6.45) is -5.56. The van der Waals surface area contributed by atoms with E-state index in [-0.39, 0.29) is 48.8 Å². The van der Waals surface area contributed by atoms with Crippen molar-refractivity contribution >= 4 is 29.9 Å². The molecule has 0 fully saturated rings. The third-order valence-corrected chi connectivity index (χ3v) is 2.99. The van der Waals surface area contributed by atoms with Crippen LogP contribution in [0.15, 0.2) is 29.3 Å². The fraction of sp³-hybridized carbons (Fsp3) is 0.533. The molecule has 1 rings (SSSR count). The number of aliphatic imine (C=N–C) groups is 1. The van der Waals surface area contributed by atoms with Gasteiger partial charge < -0.3 is 15.4 Å². The molecule has 2 N–H and O–H groups in total. The van der Waals surface area contributed by atoms with Crippen molar-refractivity contribution in [3.8, 4) is 0 Å². The zero-order valence-electron chi connectivity index (χ0n) is 13.5. The molecule has 9 heteroatoms. The molecule has 0 saturated heterocycles. The molecule has 1 atom stereocenters. The molecule has 0 aromatic heterocycles. The normalized spacial score (nSPS) is 13.2. The molecule has 0 saturated carbocycles. The molecule has 0 bridgehead atoms. The van der Waals surface area contributed by atoms with Crippen LogP contribution < -0.4 is 10.6 Å². The van der Waals surface area contributed by atoms with Gasteiger partial charge in [-0.05, 0) is 24.6 Å². The smallest absolute Gasteiger partial charge is 0.375 e. The van der Waals surface area contributed by atoms with Crippen LogP contribution in [0.3, 0.4) is 0 Å². The van der Waals surface area contributed by atoms with Gasteiger partial charge in [0.05, 0.1) is 13.0 Å². The maximum absolute atomic E-state index is 12.9. The van der Waals surface area contributed by atoms with Gasteiger partial charge in [-0.25, -0.2) is 4.39 Å². The van der Waals surface area contributed by atoms with Crippen molar-refractivity contribution in [1.29, 1.82) is 0 Å². The lowest BCUT2D eigenvalue weighted by Crippen LogP contribution is -2.39. The second-order valence-electron chi connectivity index (χ2n) is 4.79. The summed E-state index contributed by atoms with van der Waals surface area (Å²) in [7, 11) is 1.49. The number of nitrogens with zero attached hydrogens (tertiary/aromatic N) is 1. The van der Waals surface area contributed by atoms with E-state index in [1.165, 1.54) is 19.2 Å². The largest absolute Gasteiger partial charge is 0.390 e. The average molecular weight is 463 g/mol. The molecule has 0 aliphatic heterocycles. The van der Waals surface area contributed by atoms with Crippen LogP contribution in [-0.4, -0.2) is 38.9 Å². The third kappa shape index (κ3) is 9.26. The SMILES string of the molecule is CCNC(=NCC(OC)c1ccc(F)cc1)NCCC(F)(F)F.I. The summed E-state index contributed by atoms with van der Waals surface area (Å²) in [4.78, 5) is 4.21. The first-order chi connectivity index (χ1) is 10.9. The molecule has 1 aromatic rings. The number of hydrogen-bond acceptors (Lipinski definition) is 2. The highest BCUT2D eigenvalue weighted by Crippen LogP contribution is 2.18. The van der Waals surface area contributed by atoms with Crippen LogP contribution in [0.25, 0.3) is 0 Å². The highest BCUT2D eigenvalue weighted by atomic mass is 127. The zero-order valence-corrected chi connectivity index (χ0v) is 15.8. The standard InChI is InChI=1S/C15H21F4N3O.HI/c1-3-20-14(21-9-8-15(17,18)19)22-10-13(23-2)11-4-6-12(16)7-5-11;/h4-7,13H,3,8-10H2,1-2H3,(H2,20,21,22);1H. The van der Waals surface area contributed by atoms with Gasteiger partial charge in [0.1, 0.15) is 11.9 Å². The molecule has 1 unspecified atom stereocenters. The maximum atomic E-state index is 12.9. The lowest BCUT2D eigenvalue weighted by Gasteiger charge is -2.16. The van der Waals surface area contributed by atoms with E-state index in [1.54, 1.807) is 12.1 Å². The minimum atomic E-state index is -4.21. The Hall–Kier alpha value is -1.10. The Morgan fingerprint density at radius 3 is 2.33 bits per heavy atom. The number of alkyl halides is 3. The molecule has 138 valence electrons. The average Bonchev–Trinajstić information content (AvgIpc) is 2.48. The Morgan fingerprint density at radius 2 is 1.83 bits per heavy atom. The lowest BCUT2D eigenvalue weighted by molar-refractivity contribution is -0.132. The quantitative estimate of drug-likeness (QED) is 0.281. The van der Waals surface area contributed by atoms with Crippen LogP contribution in [0.4, 0.5) is 17.6 Å². The summed E-state index contributed by atoms with van der Waals surface area (Å²) in [6, 6.07) is 5.81. The van der Waals surface area contributed by atoms with Crippen molar-refractivity contribution in [3.63, 3.8) is 0 Å². The fourth-order valence-electron chi connectivity index (χ4n) is 1.83. The predicted molar refractivity (Wildman–Crippen MR) is 96.2 cm³/mol. The van der Waals surface area contributed by atoms with E-state index in [2.05, 4.69) is 15.6 Å². The molecule has 0 aliphatic carbocycles. The van der Waals surface area contributed by atoms with Gasteiger partial charge in [-0.15, -0.1) is 24.0 Å². The molecule has 0 aliphatic rings. The number of guanidine groups is 1. The molecular weight excluding hydrogens is 441 g/mol. The predicted octanol–water partition coefficient (Wildman–Crippen LogP) is 3.64. The van der Waals surface area contributed by atoms with Gasteiger partial charge >= 0.3 is 6.18 Å². The van der Waals surface area contributed by atoms with E-state index < -0.39 is 18.7 Å². The van der Waals surface area contributed by atoms with Crippen molar-refractivity contribution in [2.45, 2.75) is 25.6 Å². The van der Waals surface area contributed by atoms with Crippen LogP contribution in [-0.2, 0) is 4.74 Å². The summed E-state index contributed by atoms with van der Waals surface area (Å²) in [5.74, 6) is -0.0739. The van der Waals surface area contributed by atoms with E-state index >= 15 is 0 Å². The Morgan fingerprint density at radius 1 is 1.21 bits per heavy atom. The Kier molecular flexibility index (Phi) is 10.9. The number of methoxy groups -OCH3 is 1. The van der Waals surface area contributed by atoms with Gasteiger partial charge in [0.15, 0.2) is 5.96 Å². The number of ether oxygens (including phenoxy) is 1. The lowest BCUT2D eigenvalue weighted by atomic mass is 10.1. The molecular formula is C15H22F4IN3O. The van der Waals surface area contributed by atoms with E-state index in [0.29, 0.717) is 6.54 Å². The first-order valence-electron chi connectivity index (χ1n) is 7.23. The molecule has 0 amide bonds. The van der Waals surface area contributed by atoms with Crippen molar-refractivity contribution in [2.75, 3.05) is 26.7 Å². The Labute approximate surface area is 156 Å². The van der Waals surface area contributed by atoms with Crippen LogP contribution in [0.5, 0.6) is 0 Å². The summed E-state index contributed by atoms with van der Waals surface area (Å²) in [6.45, 7) is 2.27. The zero-order chi connectivity index (χ0) is 17.3. The number of hydrogen-bond donors (Lipinski definition) is 2. The maximum Gasteiger partial charge on any atom is 0.390 e. The molecule has 1 aromatic carbocycles. The van der Waals surface area contributed by atoms with Crippen molar-refractivity contribution in [1.82, 2.24) is 10.6 Å². The van der Waals surface area contributed by atoms with Gasteiger partial charge in [0.2, 0.25) is 0 Å². The minimum Gasteiger partial charge on any atom is -0.375 e. The van der Waals surface area contributed by atoms with E-state index in [9.17, 15) is 17.6 Å². The van der Waals surface area contributed by atoms with E-state index in [4.69, 9.17) is 4.74 Å². The number of benzene rings is 1. The molecule has 0 heterocycles. The summed E-state index contributed by atoms with van der Waals surface area (Å²) >= 11 is 0. The topological polar surface area (TPSA) is 45.7 Å². The first-order valence-corrected chi connectivity index (χ1v) is 7.23. The van der Waals surface area contributed by atoms with Crippen molar-refractivity contribution in [2.24, 2.45) is 4.99 Å². The monoisotopic (exact) mass is 463 g/mol. The third-order valence-electron chi connectivity index (χ3n) is 2.99. The molecule has 0 radical (unpaired) electrons. The second kappa shape index (κ2) is 11.5. The summed E-state index contributed by atoms with van der Waals surface area (Å²) < 4.78 is 54.7. The van der Waals surface area contributed by atoms with Gasteiger partial charge in [-0.1, -0.05) is 12.1 Å². The van der Waals surface area contributed by atoms with Crippen LogP contribution >= 0.6 is 24.0 Å². The summed E-state index contributed by atoms with van der Waals surface area (Å²) in [5.41, 5.74) is 0.740. The highest BCUT2D eigenvalue weighted by molar-refractivity contribution is 14.0. The minimum absolute atomic E-state index is 0. The molecule has 0 spiro atoms. The van der Waals surface area contributed by atoms with Crippen LogP contribution in [0, 0.1) is 5.82 Å². The number of rotatable bonds is 7. The number of nitrogens with one attached hydrogen (secondary N) is 2. The van der Waals surface area contributed by atoms with Crippen molar-refractivity contribution in [3.05, 3.63) is 35.6 Å². The van der Waals surface area contributed by atoms with Gasteiger partial charge in [0, 0.05) is 20.2 Å². The van der Waals surface area contributed by atoms with Crippen LogP contribution in [0.2, 0.25) is 0 Å². The first kappa shape index (κ1) is 22.9. The number of halogens is 5. The fourth-order valence-corrected chi connectivity index (χ4v) is 1.83. The summed E-state index contributed by atoms with van der Waals surface area (Å²) in [5, 5.41) is 5.49. The van der Waals surface area contributed by atoms with Gasteiger partial charge in [0.25, 0.3) is 0 Å². The van der Waals surface area contributed by atoms with Crippen LogP contribution in [0.1, 0.15) is 25.0 Å². The highest BCUT2D eigenvalue weighted by Gasteiger charge is 2.26. The molecule has 4 nitrogen and oxygen atoms in total. The van der Waals surface area contributed by atoms with E-state index in [0.717, 1.165) is 5.56 Å². The Balaban J connectivity index is 0.00000529. The second-order valence-corrected chi connectivity index (χ2v) is 4.79. The van der Waals surface area contributed by atoms with Gasteiger partial charge in [-0.3, -0.25) is 4.99 Å². The molecule has 24 heavy (non-hydrogen) atoms.